The summed E-state index contributed by atoms with van der Waals surface area (Å²) >= 11 is 0. The predicted octanol–water partition coefficient (Wildman–Crippen LogP) is 7.62. The van der Waals surface area contributed by atoms with Crippen LogP contribution in [-0.2, 0) is 0 Å². The molecular formula is C28H18O. The number of hydrogen-bond acceptors (Lipinski definition) is 1. The van der Waals surface area contributed by atoms with E-state index in [1.165, 1.54) is 37.9 Å². The van der Waals surface area contributed by atoms with Crippen molar-refractivity contribution in [2.45, 2.75) is 0 Å². The first-order valence-electron chi connectivity index (χ1n) is 9.85. The summed E-state index contributed by atoms with van der Waals surface area (Å²) in [7, 11) is 0. The Morgan fingerprint density at radius 1 is 0.448 bits per heavy atom. The predicted molar refractivity (Wildman–Crippen MR) is 123 cm³/mol. The van der Waals surface area contributed by atoms with E-state index in [0.29, 0.717) is 0 Å². The highest BCUT2D eigenvalue weighted by Gasteiger charge is 2.15. The molecule has 0 amide bonds. The molecule has 0 radical (unpaired) electrons. The molecule has 0 saturated carbocycles. The maximum atomic E-state index is 10.2. The lowest BCUT2D eigenvalue weighted by atomic mass is 9.87. The Balaban J connectivity index is 1.73. The lowest BCUT2D eigenvalue weighted by molar-refractivity contribution is 0.475. The second-order valence-corrected chi connectivity index (χ2v) is 7.57. The van der Waals surface area contributed by atoms with E-state index in [9.17, 15) is 5.11 Å². The fourth-order valence-corrected chi connectivity index (χ4v) is 4.59. The van der Waals surface area contributed by atoms with Crippen molar-refractivity contribution in [2.75, 3.05) is 0 Å². The van der Waals surface area contributed by atoms with Crippen molar-refractivity contribution in [3.8, 4) is 28.0 Å². The van der Waals surface area contributed by atoms with Gasteiger partial charge in [0, 0.05) is 0 Å². The first kappa shape index (κ1) is 16.1. The van der Waals surface area contributed by atoms with Gasteiger partial charge in [0.05, 0.1) is 0 Å². The Morgan fingerprint density at radius 2 is 1.10 bits per heavy atom. The molecule has 6 aromatic rings. The third-order valence-corrected chi connectivity index (χ3v) is 5.91. The first-order valence-corrected chi connectivity index (χ1v) is 9.85. The van der Waals surface area contributed by atoms with E-state index in [2.05, 4.69) is 66.7 Å². The summed E-state index contributed by atoms with van der Waals surface area (Å²) in [5.41, 5.74) is 4.46. The van der Waals surface area contributed by atoms with E-state index >= 15 is 0 Å². The van der Waals surface area contributed by atoms with E-state index in [1.807, 2.05) is 30.3 Å². The van der Waals surface area contributed by atoms with Crippen LogP contribution < -0.4 is 0 Å². The molecule has 6 rings (SSSR count). The van der Waals surface area contributed by atoms with E-state index in [0.717, 1.165) is 16.7 Å². The minimum Gasteiger partial charge on any atom is -0.508 e. The molecule has 1 heteroatoms. The molecule has 0 atom stereocenters. The maximum Gasteiger partial charge on any atom is 0.116 e. The van der Waals surface area contributed by atoms with Crippen LogP contribution in [0.2, 0.25) is 0 Å². The largest absolute Gasteiger partial charge is 0.508 e. The highest BCUT2D eigenvalue weighted by molar-refractivity contribution is 6.25. The molecule has 136 valence electrons. The average molecular weight is 370 g/mol. The Kier molecular flexibility index (Phi) is 3.39. The van der Waals surface area contributed by atoms with Crippen LogP contribution in [0.3, 0.4) is 0 Å². The quantitative estimate of drug-likeness (QED) is 0.311. The number of phenolic OH excluding ortho intramolecular Hbond substituents is 1. The third-order valence-electron chi connectivity index (χ3n) is 5.91. The van der Waals surface area contributed by atoms with Crippen LogP contribution in [0.1, 0.15) is 0 Å². The van der Waals surface area contributed by atoms with Gasteiger partial charge in [0.1, 0.15) is 5.75 Å². The summed E-state index contributed by atoms with van der Waals surface area (Å²) in [5.74, 6) is 0.283. The van der Waals surface area contributed by atoms with E-state index in [-0.39, 0.29) is 5.75 Å². The molecule has 0 aliphatic heterocycles. The summed E-state index contributed by atoms with van der Waals surface area (Å²) in [5, 5.41) is 17.9. The molecule has 0 aromatic heterocycles. The molecule has 0 aliphatic rings. The molecule has 1 N–H and O–H groups in total. The summed E-state index contributed by atoms with van der Waals surface area (Å²) in [4.78, 5) is 0. The number of hydrogen-bond donors (Lipinski definition) is 1. The van der Waals surface area contributed by atoms with Gasteiger partial charge in [-0.3, -0.25) is 0 Å². The van der Waals surface area contributed by atoms with Gasteiger partial charge in [-0.05, 0) is 66.7 Å². The Hall–Kier alpha value is -3.84. The lowest BCUT2D eigenvalue weighted by Gasteiger charge is -2.16. The van der Waals surface area contributed by atoms with Crippen molar-refractivity contribution in [3.05, 3.63) is 103 Å². The topological polar surface area (TPSA) is 20.2 Å². The van der Waals surface area contributed by atoms with Crippen LogP contribution in [0.25, 0.3) is 54.6 Å². The molecular weight excluding hydrogens is 352 g/mol. The number of phenols is 1. The first-order chi connectivity index (χ1) is 14.3. The second-order valence-electron chi connectivity index (χ2n) is 7.57. The van der Waals surface area contributed by atoms with E-state index in [1.54, 1.807) is 6.07 Å². The molecule has 6 aromatic carbocycles. The monoisotopic (exact) mass is 370 g/mol. The Morgan fingerprint density at radius 3 is 1.90 bits per heavy atom. The van der Waals surface area contributed by atoms with Crippen LogP contribution in [0.4, 0.5) is 0 Å². The molecule has 0 saturated heterocycles. The molecule has 1 nitrogen and oxygen atoms in total. The molecule has 29 heavy (non-hydrogen) atoms. The summed E-state index contributed by atoms with van der Waals surface area (Å²) in [6, 6.07) is 35.7. The fourth-order valence-electron chi connectivity index (χ4n) is 4.59. The van der Waals surface area contributed by atoms with Crippen molar-refractivity contribution < 1.29 is 5.11 Å². The standard InChI is InChI=1S/C28H18O/c29-22-13-16-24(26(17-22)18-5-2-1-3-6-18)23-14-11-21-10-9-19-7-4-8-20-12-15-25(23)28(21)27(19)20/h1-17,29H. The van der Waals surface area contributed by atoms with Gasteiger partial charge >= 0.3 is 0 Å². The number of aromatic hydroxyl groups is 1. The highest BCUT2D eigenvalue weighted by Crippen LogP contribution is 2.42. The number of benzene rings is 6. The summed E-state index contributed by atoms with van der Waals surface area (Å²) < 4.78 is 0. The minimum absolute atomic E-state index is 0.283. The van der Waals surface area contributed by atoms with Crippen molar-refractivity contribution >= 4 is 32.3 Å². The zero-order valence-corrected chi connectivity index (χ0v) is 15.8. The Bertz CT molecular complexity index is 1480. The minimum atomic E-state index is 0.283. The molecule has 0 spiro atoms. The fraction of sp³-hybridized carbons (Fsp3) is 0. The molecule has 0 fully saturated rings. The summed E-state index contributed by atoms with van der Waals surface area (Å²) in [6.07, 6.45) is 0. The van der Waals surface area contributed by atoms with Crippen LogP contribution >= 0.6 is 0 Å². The van der Waals surface area contributed by atoms with E-state index < -0.39 is 0 Å². The van der Waals surface area contributed by atoms with Gasteiger partial charge in [0.25, 0.3) is 0 Å². The molecule has 0 aliphatic carbocycles. The van der Waals surface area contributed by atoms with Gasteiger partial charge in [-0.2, -0.15) is 0 Å². The van der Waals surface area contributed by atoms with Crippen LogP contribution in [0.5, 0.6) is 5.75 Å². The van der Waals surface area contributed by atoms with Crippen LogP contribution in [-0.4, -0.2) is 5.11 Å². The average Bonchev–Trinajstić information content (AvgIpc) is 2.78. The van der Waals surface area contributed by atoms with Gasteiger partial charge in [-0.1, -0.05) is 91.0 Å². The van der Waals surface area contributed by atoms with Gasteiger partial charge in [-0.25, -0.2) is 0 Å². The molecule has 0 heterocycles. The van der Waals surface area contributed by atoms with Gasteiger partial charge < -0.3 is 5.11 Å². The van der Waals surface area contributed by atoms with Gasteiger partial charge in [0.2, 0.25) is 0 Å². The lowest BCUT2D eigenvalue weighted by Crippen LogP contribution is -1.89. The smallest absolute Gasteiger partial charge is 0.116 e. The van der Waals surface area contributed by atoms with Gasteiger partial charge in [0.15, 0.2) is 0 Å². The molecule has 0 unspecified atom stereocenters. The SMILES string of the molecule is Oc1ccc(-c2ccc3ccc4cccc5ccc2c3c45)c(-c2ccccc2)c1. The third kappa shape index (κ3) is 2.41. The molecule has 0 bridgehead atoms. The number of rotatable bonds is 2. The zero-order chi connectivity index (χ0) is 19.4. The van der Waals surface area contributed by atoms with Crippen molar-refractivity contribution in [1.82, 2.24) is 0 Å². The van der Waals surface area contributed by atoms with Crippen LogP contribution in [0, 0.1) is 0 Å². The summed E-state index contributed by atoms with van der Waals surface area (Å²) in [6.45, 7) is 0. The maximum absolute atomic E-state index is 10.2. The van der Waals surface area contributed by atoms with Crippen molar-refractivity contribution in [1.29, 1.82) is 0 Å². The van der Waals surface area contributed by atoms with Crippen molar-refractivity contribution in [2.24, 2.45) is 0 Å². The second kappa shape index (κ2) is 6.08. The normalized spacial score (nSPS) is 11.6. The van der Waals surface area contributed by atoms with Crippen molar-refractivity contribution in [3.63, 3.8) is 0 Å². The Labute approximate surface area is 168 Å². The van der Waals surface area contributed by atoms with Gasteiger partial charge in [-0.15, -0.1) is 0 Å². The van der Waals surface area contributed by atoms with E-state index in [4.69, 9.17) is 0 Å². The van der Waals surface area contributed by atoms with Crippen LogP contribution in [0.15, 0.2) is 103 Å². The zero-order valence-electron chi connectivity index (χ0n) is 15.8. The highest BCUT2D eigenvalue weighted by atomic mass is 16.3.